The van der Waals surface area contributed by atoms with Crippen LogP contribution in [0.5, 0.6) is 0 Å². The Morgan fingerprint density at radius 2 is 1.77 bits per heavy atom. The molecular formula is C25H18ClN3OS. The van der Waals surface area contributed by atoms with Crippen LogP contribution in [-0.4, -0.2) is 15.9 Å². The van der Waals surface area contributed by atoms with Gasteiger partial charge in [0.05, 0.1) is 27.0 Å². The summed E-state index contributed by atoms with van der Waals surface area (Å²) in [6.45, 7) is 2.13. The number of carbonyl (C=O) groups excluding carboxylic acids is 1. The molecule has 0 spiro atoms. The lowest BCUT2D eigenvalue weighted by atomic mass is 10.0. The first-order valence-electron chi connectivity index (χ1n) is 9.97. The molecule has 0 aliphatic rings. The van der Waals surface area contributed by atoms with Crippen molar-refractivity contribution in [3.8, 4) is 11.3 Å². The summed E-state index contributed by atoms with van der Waals surface area (Å²) in [6.07, 6.45) is 0.979. The third kappa shape index (κ3) is 3.90. The fraction of sp³-hybridized carbons (Fsp3) is 0.0800. The van der Waals surface area contributed by atoms with E-state index >= 15 is 0 Å². The van der Waals surface area contributed by atoms with Gasteiger partial charge in [0.2, 0.25) is 0 Å². The van der Waals surface area contributed by atoms with Gasteiger partial charge in [-0.1, -0.05) is 72.3 Å². The molecule has 5 aromatic rings. The fourth-order valence-corrected chi connectivity index (χ4v) is 4.68. The Morgan fingerprint density at radius 3 is 2.58 bits per heavy atom. The average Bonchev–Trinajstić information content (AvgIpc) is 3.19. The van der Waals surface area contributed by atoms with Crippen LogP contribution in [0.25, 0.3) is 32.4 Å². The number of fused-ring (bicyclic) bond motifs is 2. The van der Waals surface area contributed by atoms with E-state index in [0.29, 0.717) is 15.7 Å². The summed E-state index contributed by atoms with van der Waals surface area (Å²) in [6, 6.07) is 23.3. The minimum atomic E-state index is -0.213. The maximum atomic E-state index is 13.3. The number of hydrogen-bond acceptors (Lipinski definition) is 4. The number of rotatable bonds is 4. The van der Waals surface area contributed by atoms with Crippen LogP contribution in [0.2, 0.25) is 5.02 Å². The highest BCUT2D eigenvalue weighted by Gasteiger charge is 2.16. The predicted molar refractivity (Wildman–Crippen MR) is 129 cm³/mol. The van der Waals surface area contributed by atoms with Crippen molar-refractivity contribution in [2.75, 3.05) is 5.32 Å². The molecule has 0 bridgehead atoms. The van der Waals surface area contributed by atoms with Crippen LogP contribution >= 0.6 is 22.9 Å². The van der Waals surface area contributed by atoms with Crippen LogP contribution < -0.4 is 5.32 Å². The Bertz CT molecular complexity index is 1430. The van der Waals surface area contributed by atoms with Crippen molar-refractivity contribution in [2.24, 2.45) is 0 Å². The molecule has 0 radical (unpaired) electrons. The van der Waals surface area contributed by atoms with Crippen molar-refractivity contribution in [3.05, 3.63) is 88.9 Å². The number of anilines is 1. The molecule has 31 heavy (non-hydrogen) atoms. The number of thiazole rings is 1. The van der Waals surface area contributed by atoms with E-state index in [1.807, 2.05) is 42.5 Å². The van der Waals surface area contributed by atoms with Crippen molar-refractivity contribution >= 4 is 55.1 Å². The van der Waals surface area contributed by atoms with Crippen molar-refractivity contribution < 1.29 is 4.79 Å². The number of hydrogen-bond donors (Lipinski definition) is 1. The molecule has 1 N–H and O–H groups in total. The highest BCUT2D eigenvalue weighted by atomic mass is 35.5. The van der Waals surface area contributed by atoms with Gasteiger partial charge in [0.25, 0.3) is 5.91 Å². The molecule has 3 aromatic carbocycles. The maximum absolute atomic E-state index is 13.3. The van der Waals surface area contributed by atoms with Crippen LogP contribution in [0, 0.1) is 0 Å². The Hall–Kier alpha value is -3.28. The smallest absolute Gasteiger partial charge is 0.258 e. The summed E-state index contributed by atoms with van der Waals surface area (Å²) in [5, 5.41) is 4.94. The van der Waals surface area contributed by atoms with Gasteiger partial charge in [0.1, 0.15) is 0 Å². The lowest BCUT2D eigenvalue weighted by Gasteiger charge is -2.10. The monoisotopic (exact) mass is 443 g/mol. The molecule has 0 aliphatic carbocycles. The summed E-state index contributed by atoms with van der Waals surface area (Å²) in [5.74, 6) is -0.213. The van der Waals surface area contributed by atoms with Crippen LogP contribution in [0.1, 0.15) is 22.8 Å². The number of nitrogens with zero attached hydrogens (tertiary/aromatic N) is 2. The van der Waals surface area contributed by atoms with Gasteiger partial charge in [-0.25, -0.2) is 9.97 Å². The van der Waals surface area contributed by atoms with Crippen molar-refractivity contribution in [3.63, 3.8) is 0 Å². The lowest BCUT2D eigenvalue weighted by molar-refractivity contribution is 0.102. The van der Waals surface area contributed by atoms with Gasteiger partial charge in [-0.15, -0.1) is 0 Å². The molecule has 0 fully saturated rings. The zero-order valence-electron chi connectivity index (χ0n) is 16.7. The molecule has 0 unspecified atom stereocenters. The highest BCUT2D eigenvalue weighted by Crippen LogP contribution is 2.30. The van der Waals surface area contributed by atoms with Gasteiger partial charge in [0.15, 0.2) is 5.13 Å². The zero-order valence-corrected chi connectivity index (χ0v) is 18.3. The van der Waals surface area contributed by atoms with Gasteiger partial charge >= 0.3 is 0 Å². The molecule has 152 valence electrons. The van der Waals surface area contributed by atoms with Gasteiger partial charge in [0, 0.05) is 16.0 Å². The number of amides is 1. The minimum Gasteiger partial charge on any atom is -0.298 e. The Kier molecular flexibility index (Phi) is 5.14. The molecule has 0 atom stereocenters. The van der Waals surface area contributed by atoms with E-state index in [2.05, 4.69) is 41.5 Å². The lowest BCUT2D eigenvalue weighted by Crippen LogP contribution is -2.13. The maximum Gasteiger partial charge on any atom is 0.258 e. The van der Waals surface area contributed by atoms with E-state index in [0.717, 1.165) is 38.8 Å². The third-order valence-electron chi connectivity index (χ3n) is 5.19. The number of aromatic nitrogens is 2. The standard InChI is InChI=1S/C25H18ClN3OS/c1-2-15-7-9-16(10-8-15)22-14-19(18-5-3-4-6-20(18)27-22)24(30)29-25-28-21-12-11-17(26)13-23(21)31-25/h3-14H,2H2,1H3,(H,28,29,30). The van der Waals surface area contributed by atoms with Gasteiger partial charge in [-0.05, 0) is 42.3 Å². The quantitative estimate of drug-likeness (QED) is 0.326. The van der Waals surface area contributed by atoms with Gasteiger partial charge in [-0.2, -0.15) is 0 Å². The van der Waals surface area contributed by atoms with E-state index < -0.39 is 0 Å². The molecule has 1 amide bonds. The number of nitrogens with one attached hydrogen (secondary N) is 1. The predicted octanol–water partition coefficient (Wildman–Crippen LogP) is 6.98. The van der Waals surface area contributed by atoms with E-state index in [1.165, 1.54) is 16.9 Å². The zero-order chi connectivity index (χ0) is 21.4. The number of benzene rings is 3. The van der Waals surface area contributed by atoms with E-state index in [1.54, 1.807) is 6.07 Å². The number of para-hydroxylation sites is 1. The first-order valence-corrected chi connectivity index (χ1v) is 11.2. The second-order valence-electron chi connectivity index (χ2n) is 7.21. The first-order chi connectivity index (χ1) is 15.1. The molecular weight excluding hydrogens is 426 g/mol. The van der Waals surface area contributed by atoms with Gasteiger partial charge < -0.3 is 0 Å². The molecule has 2 aromatic heterocycles. The molecule has 0 saturated carbocycles. The van der Waals surface area contributed by atoms with Crippen LogP contribution in [0.3, 0.4) is 0 Å². The Balaban J connectivity index is 1.55. The van der Waals surface area contributed by atoms with E-state index in [9.17, 15) is 4.79 Å². The topological polar surface area (TPSA) is 54.9 Å². The van der Waals surface area contributed by atoms with Crippen LogP contribution in [-0.2, 0) is 6.42 Å². The SMILES string of the molecule is CCc1ccc(-c2cc(C(=O)Nc3nc4ccc(Cl)cc4s3)c3ccccc3n2)cc1. The van der Waals surface area contributed by atoms with Gasteiger partial charge in [-0.3, -0.25) is 10.1 Å². The minimum absolute atomic E-state index is 0.213. The summed E-state index contributed by atoms with van der Waals surface area (Å²) < 4.78 is 0.930. The molecule has 6 heteroatoms. The summed E-state index contributed by atoms with van der Waals surface area (Å²) >= 11 is 7.48. The van der Waals surface area contributed by atoms with Crippen molar-refractivity contribution in [1.82, 2.24) is 9.97 Å². The van der Waals surface area contributed by atoms with E-state index in [4.69, 9.17) is 16.6 Å². The van der Waals surface area contributed by atoms with Crippen LogP contribution in [0.4, 0.5) is 5.13 Å². The first kappa shape index (κ1) is 19.7. The number of halogens is 1. The average molecular weight is 444 g/mol. The number of aryl methyl sites for hydroxylation is 1. The van der Waals surface area contributed by atoms with Crippen molar-refractivity contribution in [2.45, 2.75) is 13.3 Å². The summed E-state index contributed by atoms with van der Waals surface area (Å²) in [4.78, 5) is 22.6. The van der Waals surface area contributed by atoms with E-state index in [-0.39, 0.29) is 5.91 Å². The second-order valence-corrected chi connectivity index (χ2v) is 8.67. The summed E-state index contributed by atoms with van der Waals surface area (Å²) in [5.41, 5.74) is 5.16. The number of pyridine rings is 1. The molecule has 0 saturated heterocycles. The third-order valence-corrected chi connectivity index (χ3v) is 6.36. The number of carbonyl (C=O) groups is 1. The fourth-order valence-electron chi connectivity index (χ4n) is 3.54. The van der Waals surface area contributed by atoms with Crippen LogP contribution in [0.15, 0.2) is 72.8 Å². The molecule has 5 rings (SSSR count). The largest absolute Gasteiger partial charge is 0.298 e. The molecule has 0 aliphatic heterocycles. The van der Waals surface area contributed by atoms with Crippen molar-refractivity contribution in [1.29, 1.82) is 0 Å². The normalized spacial score (nSPS) is 11.2. The summed E-state index contributed by atoms with van der Waals surface area (Å²) in [7, 11) is 0. The Morgan fingerprint density at radius 1 is 0.968 bits per heavy atom. The molecule has 4 nitrogen and oxygen atoms in total. The Labute approximate surface area is 188 Å². The second kappa shape index (κ2) is 8.10. The highest BCUT2D eigenvalue weighted by molar-refractivity contribution is 7.22. The molecule has 2 heterocycles.